The Kier molecular flexibility index (Phi) is 3.25. The average Bonchev–Trinajstić information content (AvgIpc) is 3.05. The molecule has 5 rings (SSSR count). The SMILES string of the molecule is NC(c1ccnn1-c1ccccc1)C1CN2CCN1CC2. The maximum absolute atomic E-state index is 6.61. The minimum absolute atomic E-state index is 0.00388. The van der Waals surface area contributed by atoms with Gasteiger partial charge in [-0.15, -0.1) is 0 Å². The largest absolute Gasteiger partial charge is 0.321 e. The normalized spacial score (nSPS) is 29.5. The first-order valence-electron chi connectivity index (χ1n) is 7.64. The smallest absolute Gasteiger partial charge is 0.0649 e. The highest BCUT2D eigenvalue weighted by Crippen LogP contribution is 2.26. The number of benzene rings is 1. The molecule has 5 heteroatoms. The summed E-state index contributed by atoms with van der Waals surface area (Å²) in [6.45, 7) is 5.71. The molecule has 2 bridgehead atoms. The van der Waals surface area contributed by atoms with E-state index in [0.717, 1.165) is 31.0 Å². The molecule has 21 heavy (non-hydrogen) atoms. The van der Waals surface area contributed by atoms with E-state index >= 15 is 0 Å². The highest BCUT2D eigenvalue weighted by molar-refractivity contribution is 5.33. The predicted molar refractivity (Wildman–Crippen MR) is 82.3 cm³/mol. The summed E-state index contributed by atoms with van der Waals surface area (Å²) >= 11 is 0. The van der Waals surface area contributed by atoms with Crippen LogP contribution >= 0.6 is 0 Å². The minimum Gasteiger partial charge on any atom is -0.321 e. The molecule has 3 saturated heterocycles. The molecule has 2 N–H and O–H groups in total. The van der Waals surface area contributed by atoms with E-state index in [1.54, 1.807) is 0 Å². The fraction of sp³-hybridized carbons (Fsp3) is 0.438. The molecule has 3 aliphatic rings. The fourth-order valence-electron chi connectivity index (χ4n) is 3.55. The van der Waals surface area contributed by atoms with Crippen LogP contribution in [0.4, 0.5) is 0 Å². The van der Waals surface area contributed by atoms with Crippen LogP contribution in [0.5, 0.6) is 0 Å². The van der Waals surface area contributed by atoms with Crippen molar-refractivity contribution in [3.63, 3.8) is 0 Å². The molecule has 0 aliphatic carbocycles. The quantitative estimate of drug-likeness (QED) is 0.908. The van der Waals surface area contributed by atoms with Crippen molar-refractivity contribution >= 4 is 0 Å². The molecular formula is C16H21N5. The van der Waals surface area contributed by atoms with Crippen molar-refractivity contribution in [3.05, 3.63) is 48.3 Å². The van der Waals surface area contributed by atoms with Crippen LogP contribution in [0.2, 0.25) is 0 Å². The van der Waals surface area contributed by atoms with Gasteiger partial charge in [0.2, 0.25) is 0 Å². The third-order valence-electron chi connectivity index (χ3n) is 4.75. The first-order valence-corrected chi connectivity index (χ1v) is 7.64. The second-order valence-corrected chi connectivity index (χ2v) is 5.93. The number of hydrogen-bond donors (Lipinski definition) is 1. The number of hydrogen-bond acceptors (Lipinski definition) is 4. The second kappa shape index (κ2) is 5.26. The monoisotopic (exact) mass is 283 g/mol. The Balaban J connectivity index is 1.64. The summed E-state index contributed by atoms with van der Waals surface area (Å²) in [5.74, 6) is 0. The van der Waals surface area contributed by atoms with Crippen LogP contribution in [0.3, 0.4) is 0 Å². The summed E-state index contributed by atoms with van der Waals surface area (Å²) in [6, 6.07) is 12.7. The maximum Gasteiger partial charge on any atom is 0.0649 e. The van der Waals surface area contributed by atoms with Crippen LogP contribution in [-0.2, 0) is 0 Å². The van der Waals surface area contributed by atoms with E-state index in [1.807, 2.05) is 29.1 Å². The van der Waals surface area contributed by atoms with Gasteiger partial charge >= 0.3 is 0 Å². The number of nitrogens with two attached hydrogens (primary N) is 1. The summed E-state index contributed by atoms with van der Waals surface area (Å²) in [6.07, 6.45) is 1.85. The predicted octanol–water partition coefficient (Wildman–Crippen LogP) is 0.872. The van der Waals surface area contributed by atoms with Crippen molar-refractivity contribution in [3.8, 4) is 5.69 Å². The molecule has 0 amide bonds. The van der Waals surface area contributed by atoms with Crippen molar-refractivity contribution < 1.29 is 0 Å². The van der Waals surface area contributed by atoms with Gasteiger partial charge in [0.05, 0.1) is 17.4 Å². The molecule has 0 saturated carbocycles. The zero-order chi connectivity index (χ0) is 14.2. The maximum atomic E-state index is 6.61. The average molecular weight is 283 g/mol. The molecule has 2 unspecified atom stereocenters. The lowest BCUT2D eigenvalue weighted by Crippen LogP contribution is -2.63. The second-order valence-electron chi connectivity index (χ2n) is 5.93. The summed E-state index contributed by atoms with van der Waals surface area (Å²) in [7, 11) is 0. The van der Waals surface area contributed by atoms with E-state index in [1.165, 1.54) is 13.1 Å². The number of aromatic nitrogens is 2. The van der Waals surface area contributed by atoms with Gasteiger partial charge in [0.15, 0.2) is 0 Å². The minimum atomic E-state index is -0.00388. The highest BCUT2D eigenvalue weighted by Gasteiger charge is 2.36. The highest BCUT2D eigenvalue weighted by atomic mass is 15.4. The van der Waals surface area contributed by atoms with Crippen molar-refractivity contribution in [1.29, 1.82) is 0 Å². The van der Waals surface area contributed by atoms with Gasteiger partial charge in [-0.25, -0.2) is 4.68 Å². The van der Waals surface area contributed by atoms with Gasteiger partial charge in [-0.1, -0.05) is 18.2 Å². The Bertz CT molecular complexity index is 600. The Labute approximate surface area is 124 Å². The van der Waals surface area contributed by atoms with Crippen molar-refractivity contribution in [2.45, 2.75) is 12.1 Å². The molecule has 2 atom stereocenters. The number of rotatable bonds is 3. The third-order valence-corrected chi connectivity index (χ3v) is 4.75. The molecule has 1 aromatic carbocycles. The number of piperazine rings is 3. The Morgan fingerprint density at radius 2 is 1.81 bits per heavy atom. The van der Waals surface area contributed by atoms with Crippen molar-refractivity contribution in [1.82, 2.24) is 19.6 Å². The van der Waals surface area contributed by atoms with Gasteiger partial charge in [-0.05, 0) is 18.2 Å². The van der Waals surface area contributed by atoms with Crippen LogP contribution in [-0.4, -0.2) is 58.3 Å². The van der Waals surface area contributed by atoms with Gasteiger partial charge in [-0.2, -0.15) is 5.10 Å². The van der Waals surface area contributed by atoms with Crippen molar-refractivity contribution in [2.75, 3.05) is 32.7 Å². The van der Waals surface area contributed by atoms with E-state index in [4.69, 9.17) is 5.73 Å². The van der Waals surface area contributed by atoms with E-state index in [9.17, 15) is 0 Å². The Morgan fingerprint density at radius 1 is 1.05 bits per heavy atom. The van der Waals surface area contributed by atoms with E-state index in [-0.39, 0.29) is 6.04 Å². The lowest BCUT2D eigenvalue weighted by molar-refractivity contribution is 0.00130. The van der Waals surface area contributed by atoms with Gasteiger partial charge < -0.3 is 5.73 Å². The molecule has 3 fully saturated rings. The van der Waals surface area contributed by atoms with Crippen LogP contribution in [0.25, 0.3) is 5.69 Å². The summed E-state index contributed by atoms with van der Waals surface area (Å²) in [5.41, 5.74) is 8.78. The lowest BCUT2D eigenvalue weighted by Gasteiger charge is -2.49. The van der Waals surface area contributed by atoms with E-state index in [2.05, 4.69) is 33.1 Å². The summed E-state index contributed by atoms with van der Waals surface area (Å²) < 4.78 is 1.98. The molecule has 110 valence electrons. The van der Waals surface area contributed by atoms with Gasteiger partial charge in [-0.3, -0.25) is 9.80 Å². The zero-order valence-electron chi connectivity index (χ0n) is 12.1. The topological polar surface area (TPSA) is 50.3 Å². The van der Waals surface area contributed by atoms with Gasteiger partial charge in [0, 0.05) is 45.0 Å². The van der Waals surface area contributed by atoms with Crippen LogP contribution in [0, 0.1) is 0 Å². The molecule has 4 heterocycles. The molecule has 0 radical (unpaired) electrons. The Morgan fingerprint density at radius 3 is 2.48 bits per heavy atom. The molecule has 5 nitrogen and oxygen atoms in total. The zero-order valence-corrected chi connectivity index (χ0v) is 12.1. The van der Waals surface area contributed by atoms with Gasteiger partial charge in [0.25, 0.3) is 0 Å². The number of fused-ring (bicyclic) bond motifs is 3. The van der Waals surface area contributed by atoms with Crippen LogP contribution in [0.15, 0.2) is 42.6 Å². The molecule has 2 aromatic rings. The summed E-state index contributed by atoms with van der Waals surface area (Å²) in [5, 5.41) is 4.47. The molecular weight excluding hydrogens is 262 g/mol. The standard InChI is InChI=1S/C16H21N5/c17-16(15-12-19-8-10-20(15)11-9-19)14-6-7-18-21(14)13-4-2-1-3-5-13/h1-7,15-16H,8-12,17H2. The molecule has 1 aromatic heterocycles. The van der Waals surface area contributed by atoms with E-state index in [0.29, 0.717) is 6.04 Å². The number of para-hydroxylation sites is 1. The number of nitrogens with zero attached hydrogens (tertiary/aromatic N) is 4. The first-order chi connectivity index (χ1) is 10.3. The van der Waals surface area contributed by atoms with E-state index < -0.39 is 0 Å². The van der Waals surface area contributed by atoms with Crippen molar-refractivity contribution in [2.24, 2.45) is 5.73 Å². The third kappa shape index (κ3) is 2.27. The van der Waals surface area contributed by atoms with Crippen LogP contribution < -0.4 is 5.73 Å². The molecule has 0 spiro atoms. The Hall–Kier alpha value is -1.69. The van der Waals surface area contributed by atoms with Gasteiger partial charge in [0.1, 0.15) is 0 Å². The first kappa shape index (κ1) is 13.0. The molecule has 3 aliphatic heterocycles. The van der Waals surface area contributed by atoms with Crippen LogP contribution in [0.1, 0.15) is 11.7 Å². The fourth-order valence-corrected chi connectivity index (χ4v) is 3.55. The summed E-state index contributed by atoms with van der Waals surface area (Å²) in [4.78, 5) is 5.06. The lowest BCUT2D eigenvalue weighted by atomic mass is 9.98.